The van der Waals surface area contributed by atoms with E-state index >= 15 is 0 Å². The smallest absolute Gasteiger partial charge is 0.212 e. The van der Waals surface area contributed by atoms with Crippen LogP contribution < -0.4 is 23.7 Å². The van der Waals surface area contributed by atoms with Gasteiger partial charge in [0.1, 0.15) is 5.75 Å². The van der Waals surface area contributed by atoms with Crippen LogP contribution in [0.3, 0.4) is 0 Å². The average molecular weight is 674 g/mol. The van der Waals surface area contributed by atoms with E-state index in [2.05, 4.69) is 96.5 Å². The molecule has 0 aliphatic carbocycles. The van der Waals surface area contributed by atoms with Gasteiger partial charge in [0.05, 0.1) is 13.7 Å². The Labute approximate surface area is 295 Å². The summed E-state index contributed by atoms with van der Waals surface area (Å²) in [5.74, 6) is 6.07. The summed E-state index contributed by atoms with van der Waals surface area (Å²) >= 11 is 0. The number of hydrogen-bond acceptors (Lipinski definition) is 8. The maximum Gasteiger partial charge on any atom is 0.212 e. The lowest BCUT2D eigenvalue weighted by atomic mass is 9.86. The molecule has 50 heavy (non-hydrogen) atoms. The minimum atomic E-state index is 0.112. The molecule has 0 amide bonds. The van der Waals surface area contributed by atoms with Gasteiger partial charge < -0.3 is 28.6 Å². The van der Waals surface area contributed by atoms with E-state index in [0.717, 1.165) is 85.4 Å². The van der Waals surface area contributed by atoms with Crippen LogP contribution in [-0.4, -0.2) is 75.2 Å². The molecule has 3 unspecified atom stereocenters. The Morgan fingerprint density at radius 3 is 2.22 bits per heavy atom. The number of rotatable bonds is 5. The second kappa shape index (κ2) is 12.8. The van der Waals surface area contributed by atoms with Crippen molar-refractivity contribution >= 4 is 0 Å². The lowest BCUT2D eigenvalue weighted by Crippen LogP contribution is -2.34. The number of methoxy groups -OCH3 is 1. The standard InChI is InChI=1S/C42H47N3O5/c1-43-16-5-6-30(43)15-19-47-35-12-9-27-21-33-32-25-38-37(23-28(32)13-17-44(33)2)49-41-39(46-4)24-29-14-18-45(3)34(40(29)42(41)50-38)20-26-7-10-31(11-8-26)48-36(35)22-27/h7-12,22-25,30,33-34H,5-6,13-21H2,1-4H3. The molecular weight excluding hydrogens is 626 g/mol. The van der Waals surface area contributed by atoms with E-state index in [-0.39, 0.29) is 12.1 Å². The number of nitrogens with zero attached hydrogens (tertiary/aromatic N) is 3. The second-order valence-corrected chi connectivity index (χ2v) is 14.9. The van der Waals surface area contributed by atoms with Crippen LogP contribution in [0.2, 0.25) is 0 Å². The lowest BCUT2D eigenvalue weighted by Gasteiger charge is -2.39. The Morgan fingerprint density at radius 1 is 0.680 bits per heavy atom. The predicted molar refractivity (Wildman–Crippen MR) is 194 cm³/mol. The first-order valence-corrected chi connectivity index (χ1v) is 18.3. The van der Waals surface area contributed by atoms with Crippen molar-refractivity contribution in [2.75, 3.05) is 54.5 Å². The molecule has 0 saturated carbocycles. The molecular formula is C42H47N3O5. The molecule has 7 bridgehead atoms. The van der Waals surface area contributed by atoms with Crippen molar-refractivity contribution in [1.29, 1.82) is 0 Å². The summed E-state index contributed by atoms with van der Waals surface area (Å²) in [6.07, 6.45) is 7.05. The summed E-state index contributed by atoms with van der Waals surface area (Å²) in [6, 6.07) is 22.5. The predicted octanol–water partition coefficient (Wildman–Crippen LogP) is 8.11. The Balaban J connectivity index is 1.14. The Hall–Kier alpha value is -4.24. The highest BCUT2D eigenvalue weighted by Crippen LogP contribution is 2.56. The van der Waals surface area contributed by atoms with Crippen LogP contribution in [0, 0.1) is 0 Å². The molecule has 10 rings (SSSR count). The van der Waals surface area contributed by atoms with E-state index in [4.69, 9.17) is 23.7 Å². The van der Waals surface area contributed by atoms with E-state index in [1.165, 1.54) is 52.8 Å². The van der Waals surface area contributed by atoms with Crippen LogP contribution in [-0.2, 0) is 25.7 Å². The second-order valence-electron chi connectivity index (χ2n) is 14.9. The summed E-state index contributed by atoms with van der Waals surface area (Å²) in [5, 5.41) is 0. The van der Waals surface area contributed by atoms with Crippen LogP contribution >= 0.6 is 0 Å². The number of fused-ring (bicyclic) bond motifs is 2. The van der Waals surface area contributed by atoms with E-state index in [9.17, 15) is 0 Å². The molecule has 6 aliphatic heterocycles. The van der Waals surface area contributed by atoms with Crippen molar-refractivity contribution in [1.82, 2.24) is 14.7 Å². The molecule has 8 nitrogen and oxygen atoms in total. The minimum Gasteiger partial charge on any atom is -0.493 e. The molecule has 0 radical (unpaired) electrons. The number of hydrogen-bond donors (Lipinski definition) is 0. The van der Waals surface area contributed by atoms with Gasteiger partial charge in [0.15, 0.2) is 34.5 Å². The van der Waals surface area contributed by atoms with Crippen molar-refractivity contribution in [2.45, 2.75) is 63.1 Å². The molecule has 0 N–H and O–H groups in total. The molecule has 8 heteroatoms. The van der Waals surface area contributed by atoms with Gasteiger partial charge in [-0.3, -0.25) is 9.80 Å². The molecule has 1 saturated heterocycles. The fourth-order valence-electron chi connectivity index (χ4n) is 8.81. The third-order valence-corrected chi connectivity index (χ3v) is 11.8. The van der Waals surface area contributed by atoms with Gasteiger partial charge in [-0.05, 0) is 143 Å². The number of likely N-dealkylation sites (tertiary alicyclic amines) is 1. The fourth-order valence-corrected chi connectivity index (χ4v) is 8.81. The highest BCUT2D eigenvalue weighted by atomic mass is 16.6. The Morgan fingerprint density at radius 2 is 1.42 bits per heavy atom. The zero-order valence-corrected chi connectivity index (χ0v) is 29.7. The summed E-state index contributed by atoms with van der Waals surface area (Å²) in [7, 11) is 8.38. The first-order chi connectivity index (χ1) is 24.4. The van der Waals surface area contributed by atoms with Crippen molar-refractivity contribution in [3.63, 3.8) is 0 Å². The molecule has 4 aromatic carbocycles. The van der Waals surface area contributed by atoms with Gasteiger partial charge >= 0.3 is 0 Å². The molecule has 0 spiro atoms. The van der Waals surface area contributed by atoms with E-state index in [0.29, 0.717) is 18.4 Å². The van der Waals surface area contributed by atoms with Gasteiger partial charge in [0.25, 0.3) is 0 Å². The van der Waals surface area contributed by atoms with Crippen molar-refractivity contribution in [3.05, 3.63) is 94.0 Å². The monoisotopic (exact) mass is 673 g/mol. The van der Waals surface area contributed by atoms with Gasteiger partial charge in [0, 0.05) is 36.8 Å². The average Bonchev–Trinajstić information content (AvgIpc) is 3.54. The highest BCUT2D eigenvalue weighted by molar-refractivity contribution is 5.67. The summed E-state index contributed by atoms with van der Waals surface area (Å²) in [5.41, 5.74) is 7.47. The van der Waals surface area contributed by atoms with Crippen molar-refractivity contribution in [2.24, 2.45) is 0 Å². The van der Waals surface area contributed by atoms with Crippen LogP contribution in [0.15, 0.2) is 60.7 Å². The third-order valence-electron chi connectivity index (χ3n) is 11.8. The zero-order chi connectivity index (χ0) is 33.9. The van der Waals surface area contributed by atoms with E-state index in [1.54, 1.807) is 7.11 Å². The van der Waals surface area contributed by atoms with Crippen LogP contribution in [0.4, 0.5) is 0 Å². The highest BCUT2D eigenvalue weighted by Gasteiger charge is 2.37. The molecule has 1 fully saturated rings. The van der Waals surface area contributed by atoms with Crippen LogP contribution in [0.5, 0.6) is 46.0 Å². The number of ether oxygens (including phenoxy) is 5. The largest absolute Gasteiger partial charge is 0.493 e. The molecule has 0 aromatic heterocycles. The fraction of sp³-hybridized carbons (Fsp3) is 0.429. The molecule has 6 aliphatic rings. The molecule has 6 heterocycles. The van der Waals surface area contributed by atoms with Crippen molar-refractivity contribution in [3.8, 4) is 46.0 Å². The maximum absolute atomic E-state index is 6.97. The zero-order valence-electron chi connectivity index (χ0n) is 29.7. The lowest BCUT2D eigenvalue weighted by molar-refractivity contribution is 0.218. The van der Waals surface area contributed by atoms with E-state index in [1.807, 2.05) is 0 Å². The summed E-state index contributed by atoms with van der Waals surface area (Å²) < 4.78 is 32.7. The van der Waals surface area contributed by atoms with Crippen LogP contribution in [0.25, 0.3) is 0 Å². The van der Waals surface area contributed by atoms with Gasteiger partial charge in [-0.25, -0.2) is 0 Å². The third kappa shape index (κ3) is 5.67. The molecule has 260 valence electrons. The quantitative estimate of drug-likeness (QED) is 0.186. The Bertz CT molecular complexity index is 1930. The SMILES string of the molecule is COc1cc2c3c4c1Oc1cc5c(cc1O4)C(Cc1ccc(OCCC4CCCN4C)c(c1)Oc1ccc(cc1)CC3N(C)CC2)N(C)CC5. The van der Waals surface area contributed by atoms with Gasteiger partial charge in [-0.2, -0.15) is 0 Å². The Kier molecular flexibility index (Phi) is 8.13. The van der Waals surface area contributed by atoms with E-state index < -0.39 is 0 Å². The topological polar surface area (TPSA) is 55.9 Å². The van der Waals surface area contributed by atoms with Crippen molar-refractivity contribution < 1.29 is 23.7 Å². The molecule has 4 aromatic rings. The summed E-state index contributed by atoms with van der Waals surface area (Å²) in [6.45, 7) is 3.76. The summed E-state index contributed by atoms with van der Waals surface area (Å²) in [4.78, 5) is 7.35. The number of benzene rings is 4. The van der Waals surface area contributed by atoms with Gasteiger partial charge in [-0.1, -0.05) is 18.2 Å². The normalized spacial score (nSPS) is 22.7. The first-order valence-electron chi connectivity index (χ1n) is 18.3. The first kappa shape index (κ1) is 31.7. The van der Waals surface area contributed by atoms with Gasteiger partial charge in [-0.15, -0.1) is 0 Å². The number of likely N-dealkylation sites (N-methyl/N-ethyl adjacent to an activating group) is 2. The maximum atomic E-state index is 6.97. The molecule has 3 atom stereocenters. The van der Waals surface area contributed by atoms with Gasteiger partial charge in [0.2, 0.25) is 5.75 Å². The van der Waals surface area contributed by atoms with Crippen LogP contribution in [0.1, 0.15) is 64.7 Å². The minimum absolute atomic E-state index is 0.112.